The van der Waals surface area contributed by atoms with E-state index in [9.17, 15) is 0 Å². The molecule has 0 fully saturated rings. The van der Waals surface area contributed by atoms with Gasteiger partial charge in [-0.05, 0) is 29.3 Å². The third-order valence-electron chi connectivity index (χ3n) is 2.69. The first-order chi connectivity index (χ1) is 8.34. The molecule has 0 aliphatic rings. The highest BCUT2D eigenvalue weighted by atomic mass is 14.9. The molecule has 0 unspecified atom stereocenters. The van der Waals surface area contributed by atoms with Crippen LogP contribution in [0.2, 0.25) is 0 Å². The van der Waals surface area contributed by atoms with Crippen LogP contribution in [0.1, 0.15) is 0 Å². The number of rotatable bonds is 1. The Morgan fingerprint density at radius 3 is 2.82 bits per heavy atom. The number of nitrogen functional groups attached to an aromatic ring is 1. The zero-order chi connectivity index (χ0) is 11.7. The normalized spacial score (nSPS) is 10.6. The topological polar surface area (TPSA) is 51.8 Å². The maximum atomic E-state index is 5.84. The van der Waals surface area contributed by atoms with Crippen molar-refractivity contribution in [2.75, 3.05) is 5.73 Å². The third-order valence-corrected chi connectivity index (χ3v) is 2.69. The summed E-state index contributed by atoms with van der Waals surface area (Å²) in [5.41, 5.74) is 8.81. The Labute approximate surface area is 98.9 Å². The van der Waals surface area contributed by atoms with Gasteiger partial charge in [0.1, 0.15) is 12.1 Å². The summed E-state index contributed by atoms with van der Waals surface area (Å²) in [5, 5.41) is 0.877. The highest BCUT2D eigenvalue weighted by Gasteiger charge is 2.03. The second-order valence-corrected chi connectivity index (χ2v) is 3.77. The maximum Gasteiger partial charge on any atom is 0.134 e. The Morgan fingerprint density at radius 1 is 1.06 bits per heavy atom. The summed E-state index contributed by atoms with van der Waals surface area (Å²) >= 11 is 0. The summed E-state index contributed by atoms with van der Waals surface area (Å²) in [6, 6.07) is 17.0. The highest BCUT2D eigenvalue weighted by molar-refractivity contribution is 5.91. The smallest absolute Gasteiger partial charge is 0.134 e. The first kappa shape index (κ1) is 9.78. The van der Waals surface area contributed by atoms with Crippen LogP contribution in [0.3, 0.4) is 0 Å². The average Bonchev–Trinajstić information content (AvgIpc) is 2.40. The third kappa shape index (κ3) is 1.72. The molecule has 1 heterocycles. The Hall–Kier alpha value is -2.42. The second kappa shape index (κ2) is 3.87. The first-order valence-corrected chi connectivity index (χ1v) is 5.32. The van der Waals surface area contributed by atoms with E-state index in [1.54, 1.807) is 0 Å². The molecule has 2 N–H and O–H groups in total. The Balaban J connectivity index is 2.23. The summed E-state index contributed by atoms with van der Waals surface area (Å²) in [7, 11) is 0. The lowest BCUT2D eigenvalue weighted by Crippen LogP contribution is -1.93. The van der Waals surface area contributed by atoms with Crippen LogP contribution >= 0.6 is 0 Å². The van der Waals surface area contributed by atoms with E-state index in [4.69, 9.17) is 5.73 Å². The molecule has 0 amide bonds. The second-order valence-electron chi connectivity index (χ2n) is 3.77. The molecule has 0 atom stereocenters. The first-order valence-electron chi connectivity index (χ1n) is 5.32. The molecule has 81 valence electrons. The molecule has 0 aliphatic heterocycles. The van der Waals surface area contributed by atoms with Crippen LogP contribution in [0.25, 0.3) is 22.0 Å². The van der Waals surface area contributed by atoms with Crippen molar-refractivity contribution in [1.29, 1.82) is 0 Å². The fraction of sp³-hybridized carbons (Fsp3) is 0. The van der Waals surface area contributed by atoms with Crippen molar-refractivity contribution in [3.8, 4) is 11.1 Å². The number of aromatic nitrogens is 2. The fourth-order valence-electron chi connectivity index (χ4n) is 1.82. The van der Waals surface area contributed by atoms with Gasteiger partial charge in [-0.2, -0.15) is 0 Å². The van der Waals surface area contributed by atoms with E-state index in [-0.39, 0.29) is 0 Å². The molecule has 0 saturated carbocycles. The summed E-state index contributed by atoms with van der Waals surface area (Å²) in [6.45, 7) is 0. The van der Waals surface area contributed by atoms with Crippen molar-refractivity contribution in [3.05, 3.63) is 54.9 Å². The summed E-state index contributed by atoms with van der Waals surface area (Å²) in [6.07, 6.45) is 1.48. The van der Waals surface area contributed by atoms with Crippen molar-refractivity contribution in [2.24, 2.45) is 0 Å². The lowest BCUT2D eigenvalue weighted by Gasteiger charge is -2.04. The van der Waals surface area contributed by atoms with Crippen LogP contribution in [0.4, 0.5) is 5.82 Å². The number of benzene rings is 2. The lowest BCUT2D eigenvalue weighted by atomic mass is 10.0. The van der Waals surface area contributed by atoms with Gasteiger partial charge in [-0.25, -0.2) is 9.97 Å². The Morgan fingerprint density at radius 2 is 2.00 bits per heavy atom. The van der Waals surface area contributed by atoms with Gasteiger partial charge in [-0.1, -0.05) is 30.3 Å². The SMILES string of the molecule is Nc1ncnc2ccc(-c3[c]cccc3)cc12. The maximum absolute atomic E-state index is 5.84. The molecular weight excluding hydrogens is 210 g/mol. The largest absolute Gasteiger partial charge is 0.383 e. The van der Waals surface area contributed by atoms with E-state index < -0.39 is 0 Å². The fourth-order valence-corrected chi connectivity index (χ4v) is 1.82. The van der Waals surface area contributed by atoms with Gasteiger partial charge in [0.05, 0.1) is 5.52 Å². The van der Waals surface area contributed by atoms with Crippen LogP contribution < -0.4 is 5.73 Å². The standard InChI is InChI=1S/C14H10N3/c15-14-12-8-11(10-4-2-1-3-5-10)6-7-13(12)16-9-17-14/h1-4,6-9H,(H2,15,16,17). The molecule has 0 saturated heterocycles. The number of hydrogen-bond acceptors (Lipinski definition) is 3. The van der Waals surface area contributed by atoms with E-state index >= 15 is 0 Å². The van der Waals surface area contributed by atoms with Crippen molar-refractivity contribution in [1.82, 2.24) is 9.97 Å². The molecule has 3 heteroatoms. The number of hydrogen-bond donors (Lipinski definition) is 1. The van der Waals surface area contributed by atoms with Crippen molar-refractivity contribution >= 4 is 16.7 Å². The van der Waals surface area contributed by atoms with E-state index in [1.807, 2.05) is 42.5 Å². The summed E-state index contributed by atoms with van der Waals surface area (Å²) < 4.78 is 0. The average molecular weight is 220 g/mol. The zero-order valence-corrected chi connectivity index (χ0v) is 9.09. The van der Waals surface area contributed by atoms with Gasteiger partial charge >= 0.3 is 0 Å². The van der Waals surface area contributed by atoms with Gasteiger partial charge in [-0.15, -0.1) is 0 Å². The molecule has 3 rings (SSSR count). The minimum atomic E-state index is 0.507. The van der Waals surface area contributed by atoms with E-state index in [1.165, 1.54) is 6.33 Å². The molecule has 0 spiro atoms. The van der Waals surface area contributed by atoms with Crippen molar-refractivity contribution in [3.63, 3.8) is 0 Å². The summed E-state index contributed by atoms with van der Waals surface area (Å²) in [4.78, 5) is 8.17. The lowest BCUT2D eigenvalue weighted by molar-refractivity contribution is 1.23. The van der Waals surface area contributed by atoms with Crippen LogP contribution in [0, 0.1) is 6.07 Å². The number of anilines is 1. The quantitative estimate of drug-likeness (QED) is 0.686. The number of fused-ring (bicyclic) bond motifs is 1. The van der Waals surface area contributed by atoms with E-state index in [0.717, 1.165) is 22.0 Å². The van der Waals surface area contributed by atoms with Gasteiger partial charge in [0.2, 0.25) is 0 Å². The molecule has 3 nitrogen and oxygen atoms in total. The molecule has 1 radical (unpaired) electrons. The molecule has 17 heavy (non-hydrogen) atoms. The predicted octanol–water partition coefficient (Wildman–Crippen LogP) is 2.68. The molecule has 1 aromatic heterocycles. The molecule has 0 bridgehead atoms. The van der Waals surface area contributed by atoms with E-state index in [2.05, 4.69) is 16.0 Å². The number of nitrogens with two attached hydrogens (primary N) is 1. The van der Waals surface area contributed by atoms with Crippen LogP contribution in [-0.2, 0) is 0 Å². The van der Waals surface area contributed by atoms with Crippen LogP contribution in [0.5, 0.6) is 0 Å². The summed E-state index contributed by atoms with van der Waals surface area (Å²) in [5.74, 6) is 0.507. The van der Waals surface area contributed by atoms with Gasteiger partial charge in [0.25, 0.3) is 0 Å². The molecule has 3 aromatic rings. The van der Waals surface area contributed by atoms with Gasteiger partial charge in [-0.3, -0.25) is 0 Å². The monoisotopic (exact) mass is 220 g/mol. The highest BCUT2D eigenvalue weighted by Crippen LogP contribution is 2.24. The van der Waals surface area contributed by atoms with Crippen LogP contribution in [0.15, 0.2) is 48.8 Å². The van der Waals surface area contributed by atoms with Crippen molar-refractivity contribution in [2.45, 2.75) is 0 Å². The predicted molar refractivity (Wildman–Crippen MR) is 68.2 cm³/mol. The minimum Gasteiger partial charge on any atom is -0.383 e. The number of nitrogens with zero attached hydrogens (tertiary/aromatic N) is 2. The minimum absolute atomic E-state index is 0.507. The molecule has 0 aliphatic carbocycles. The van der Waals surface area contributed by atoms with Crippen molar-refractivity contribution < 1.29 is 0 Å². The molecular formula is C14H10N3. The Bertz CT molecular complexity index is 663. The van der Waals surface area contributed by atoms with Gasteiger partial charge < -0.3 is 5.73 Å². The van der Waals surface area contributed by atoms with Gasteiger partial charge in [0.15, 0.2) is 0 Å². The Kier molecular flexibility index (Phi) is 2.22. The zero-order valence-electron chi connectivity index (χ0n) is 9.09. The van der Waals surface area contributed by atoms with Crippen LogP contribution in [-0.4, -0.2) is 9.97 Å². The van der Waals surface area contributed by atoms with E-state index in [0.29, 0.717) is 5.82 Å². The van der Waals surface area contributed by atoms with Gasteiger partial charge in [0, 0.05) is 5.39 Å². The molecule has 2 aromatic carbocycles.